The topological polar surface area (TPSA) is 101 Å². The number of aromatic nitrogens is 2. The first-order chi connectivity index (χ1) is 18.3. The van der Waals surface area contributed by atoms with Crippen LogP contribution in [0.15, 0.2) is 77.4 Å². The molecule has 0 unspecified atom stereocenters. The number of nitrogens with zero attached hydrogens (tertiary/aromatic N) is 2. The van der Waals surface area contributed by atoms with Gasteiger partial charge >= 0.3 is 5.97 Å². The number of aliphatic carboxylic acids is 1. The molecule has 1 aliphatic carbocycles. The van der Waals surface area contributed by atoms with Gasteiger partial charge in [-0.25, -0.2) is 4.98 Å². The third kappa shape index (κ3) is 6.10. The van der Waals surface area contributed by atoms with Crippen LogP contribution in [0.2, 0.25) is 0 Å². The van der Waals surface area contributed by atoms with E-state index in [1.165, 1.54) is 16.5 Å². The van der Waals surface area contributed by atoms with E-state index in [1.807, 2.05) is 44.2 Å². The number of hydrogen-bond acceptors (Lipinski definition) is 4. The van der Waals surface area contributed by atoms with E-state index in [0.29, 0.717) is 22.9 Å². The Morgan fingerprint density at radius 1 is 1.08 bits per heavy atom. The summed E-state index contributed by atoms with van der Waals surface area (Å²) in [6, 6.07) is 13.2. The van der Waals surface area contributed by atoms with E-state index in [0.717, 1.165) is 30.4 Å². The summed E-state index contributed by atoms with van der Waals surface area (Å²) in [7, 11) is 0. The standard InChI is InChI=1S/C31H35N3O4/c1-4-21-10-5-6-13-24(21)22-11-9-12-23(17-22)27(18-29(35)36)33-30(37)28(16-20(2)3)34-19-32-26-15-8-7-14-25(26)31(34)38/h7-15,17,19-20,27-28H,4-6,16,18H2,1-3H3,(H,33,37)(H,35,36)/t27-,28-/m0/s1. The fourth-order valence-electron chi connectivity index (χ4n) is 5.08. The molecule has 7 heteroatoms. The van der Waals surface area contributed by atoms with E-state index in [1.54, 1.807) is 18.2 Å². The molecule has 3 aromatic rings. The number of allylic oxidation sites excluding steroid dienone is 4. The Morgan fingerprint density at radius 3 is 2.58 bits per heavy atom. The fourth-order valence-corrected chi connectivity index (χ4v) is 5.08. The molecule has 1 aromatic heterocycles. The second-order valence-corrected chi connectivity index (χ2v) is 10.2. The predicted molar refractivity (Wildman–Crippen MR) is 150 cm³/mol. The number of para-hydroxylation sites is 1. The van der Waals surface area contributed by atoms with E-state index in [4.69, 9.17) is 0 Å². The van der Waals surface area contributed by atoms with Crippen molar-refractivity contribution in [2.24, 2.45) is 5.92 Å². The highest BCUT2D eigenvalue weighted by molar-refractivity contribution is 5.83. The van der Waals surface area contributed by atoms with E-state index >= 15 is 0 Å². The van der Waals surface area contributed by atoms with Crippen LogP contribution in [0.5, 0.6) is 0 Å². The van der Waals surface area contributed by atoms with Gasteiger partial charge in [0.05, 0.1) is 29.7 Å². The zero-order valence-electron chi connectivity index (χ0n) is 22.2. The first kappa shape index (κ1) is 27.0. The van der Waals surface area contributed by atoms with Crippen molar-refractivity contribution in [1.82, 2.24) is 14.9 Å². The van der Waals surface area contributed by atoms with Crippen molar-refractivity contribution in [2.75, 3.05) is 0 Å². The summed E-state index contributed by atoms with van der Waals surface area (Å²) in [4.78, 5) is 43.2. The van der Waals surface area contributed by atoms with Crippen molar-refractivity contribution in [3.8, 4) is 0 Å². The quantitative estimate of drug-likeness (QED) is 0.355. The minimum absolute atomic E-state index is 0.114. The summed E-state index contributed by atoms with van der Waals surface area (Å²) in [6.45, 7) is 6.09. The van der Waals surface area contributed by atoms with E-state index in [-0.39, 0.29) is 17.9 Å². The van der Waals surface area contributed by atoms with Crippen molar-refractivity contribution >= 4 is 28.4 Å². The minimum atomic E-state index is -1.02. The first-order valence-corrected chi connectivity index (χ1v) is 13.3. The van der Waals surface area contributed by atoms with Gasteiger partial charge in [-0.2, -0.15) is 0 Å². The number of carbonyl (C=O) groups excluding carboxylic acids is 1. The van der Waals surface area contributed by atoms with Crippen LogP contribution in [0.1, 0.15) is 76.1 Å². The maximum Gasteiger partial charge on any atom is 0.305 e. The zero-order chi connectivity index (χ0) is 27.2. The summed E-state index contributed by atoms with van der Waals surface area (Å²) in [5.41, 5.74) is 4.42. The molecule has 2 aromatic carbocycles. The third-order valence-electron chi connectivity index (χ3n) is 6.95. The molecule has 0 radical (unpaired) electrons. The molecule has 38 heavy (non-hydrogen) atoms. The lowest BCUT2D eigenvalue weighted by molar-refractivity contribution is -0.138. The molecule has 0 bridgehead atoms. The van der Waals surface area contributed by atoms with Crippen molar-refractivity contribution in [3.63, 3.8) is 0 Å². The number of fused-ring (bicyclic) bond motifs is 1. The Labute approximate surface area is 222 Å². The number of benzene rings is 2. The number of rotatable bonds is 10. The maximum atomic E-state index is 13.7. The Kier molecular flexibility index (Phi) is 8.56. The van der Waals surface area contributed by atoms with Gasteiger partial charge in [0.25, 0.3) is 5.56 Å². The summed E-state index contributed by atoms with van der Waals surface area (Å²) >= 11 is 0. The SMILES string of the molecule is CCC1=CCCC=C1c1cccc([C@H](CC(=O)O)NC(=O)[C@H](CC(C)C)n2cnc3ccccc3c2=O)c1. The summed E-state index contributed by atoms with van der Waals surface area (Å²) in [6.07, 6.45) is 8.92. The van der Waals surface area contributed by atoms with Crippen LogP contribution in [0.25, 0.3) is 16.5 Å². The third-order valence-corrected chi connectivity index (χ3v) is 6.95. The number of hydrogen-bond donors (Lipinski definition) is 2. The number of carboxylic acid groups (broad SMARTS) is 1. The second kappa shape index (κ2) is 12.0. The van der Waals surface area contributed by atoms with Gasteiger partial charge in [0.15, 0.2) is 0 Å². The summed E-state index contributed by atoms with van der Waals surface area (Å²) in [5.74, 6) is -1.31. The first-order valence-electron chi connectivity index (χ1n) is 13.3. The van der Waals surface area contributed by atoms with Gasteiger partial charge in [0, 0.05) is 0 Å². The van der Waals surface area contributed by atoms with E-state index < -0.39 is 24.0 Å². The summed E-state index contributed by atoms with van der Waals surface area (Å²) < 4.78 is 1.37. The second-order valence-electron chi connectivity index (χ2n) is 10.2. The van der Waals surface area contributed by atoms with Gasteiger partial charge in [0.2, 0.25) is 5.91 Å². The van der Waals surface area contributed by atoms with E-state index in [9.17, 15) is 19.5 Å². The van der Waals surface area contributed by atoms with Crippen molar-refractivity contribution in [1.29, 1.82) is 0 Å². The smallest absolute Gasteiger partial charge is 0.305 e. The molecule has 198 valence electrons. The van der Waals surface area contributed by atoms with Gasteiger partial charge in [-0.3, -0.25) is 19.0 Å². The average molecular weight is 514 g/mol. The van der Waals surface area contributed by atoms with Crippen LogP contribution < -0.4 is 10.9 Å². The molecule has 0 fully saturated rings. The molecule has 2 atom stereocenters. The molecule has 7 nitrogen and oxygen atoms in total. The van der Waals surface area contributed by atoms with Crippen molar-refractivity contribution in [3.05, 3.63) is 94.1 Å². The Bertz CT molecular complexity index is 1450. The molecule has 0 aliphatic heterocycles. The molecule has 2 N–H and O–H groups in total. The molecule has 1 aliphatic rings. The van der Waals surface area contributed by atoms with Gasteiger partial charge in [-0.05, 0) is 72.1 Å². The molecule has 1 heterocycles. The highest BCUT2D eigenvalue weighted by Gasteiger charge is 2.28. The van der Waals surface area contributed by atoms with Gasteiger partial charge in [0.1, 0.15) is 6.04 Å². The zero-order valence-corrected chi connectivity index (χ0v) is 22.2. The molecule has 0 spiro atoms. The van der Waals surface area contributed by atoms with Crippen LogP contribution in [-0.4, -0.2) is 26.5 Å². The maximum absolute atomic E-state index is 13.7. The van der Waals surface area contributed by atoms with Crippen molar-refractivity contribution in [2.45, 2.75) is 65.0 Å². The number of amides is 1. The lowest BCUT2D eigenvalue weighted by Gasteiger charge is -2.25. The fraction of sp³-hybridized carbons (Fsp3) is 0.355. The number of nitrogens with one attached hydrogen (secondary N) is 1. The molecule has 0 saturated carbocycles. The van der Waals surface area contributed by atoms with Gasteiger partial charge in [-0.1, -0.05) is 63.3 Å². The highest BCUT2D eigenvalue weighted by Crippen LogP contribution is 2.32. The van der Waals surface area contributed by atoms with Crippen LogP contribution in [0.4, 0.5) is 0 Å². The van der Waals surface area contributed by atoms with Crippen molar-refractivity contribution < 1.29 is 14.7 Å². The Balaban J connectivity index is 1.68. The van der Waals surface area contributed by atoms with Gasteiger partial charge in [-0.15, -0.1) is 0 Å². The average Bonchev–Trinajstić information content (AvgIpc) is 2.91. The monoisotopic (exact) mass is 513 g/mol. The van der Waals surface area contributed by atoms with Crippen LogP contribution in [-0.2, 0) is 9.59 Å². The highest BCUT2D eigenvalue weighted by atomic mass is 16.4. The molecule has 1 amide bonds. The predicted octanol–water partition coefficient (Wildman–Crippen LogP) is 5.83. The molecular formula is C31H35N3O4. The normalized spacial score (nSPS) is 15.1. The lowest BCUT2D eigenvalue weighted by atomic mass is 9.88. The van der Waals surface area contributed by atoms with E-state index in [2.05, 4.69) is 29.4 Å². The lowest BCUT2D eigenvalue weighted by Crippen LogP contribution is -2.40. The minimum Gasteiger partial charge on any atom is -0.481 e. The van der Waals surface area contributed by atoms with Crippen LogP contribution in [0, 0.1) is 5.92 Å². The Hall–Kier alpha value is -4.00. The number of carboxylic acids is 1. The summed E-state index contributed by atoms with van der Waals surface area (Å²) in [5, 5.41) is 13.1. The molecule has 0 saturated heterocycles. The van der Waals surface area contributed by atoms with Crippen LogP contribution in [0.3, 0.4) is 0 Å². The molecule has 4 rings (SSSR count). The van der Waals surface area contributed by atoms with Gasteiger partial charge < -0.3 is 10.4 Å². The largest absolute Gasteiger partial charge is 0.481 e. The molecular weight excluding hydrogens is 478 g/mol. The Morgan fingerprint density at radius 2 is 1.84 bits per heavy atom. The number of carbonyl (C=O) groups is 2. The van der Waals surface area contributed by atoms with Crippen LogP contribution >= 0.6 is 0 Å².